The van der Waals surface area contributed by atoms with Gasteiger partial charge >= 0.3 is 0 Å². The lowest BCUT2D eigenvalue weighted by Gasteiger charge is -2.32. The highest BCUT2D eigenvalue weighted by Gasteiger charge is 2.37. The highest BCUT2D eigenvalue weighted by molar-refractivity contribution is 6.31. The third kappa shape index (κ3) is 4.39. The molecule has 0 amide bonds. The summed E-state index contributed by atoms with van der Waals surface area (Å²) in [7, 11) is 0. The van der Waals surface area contributed by atoms with Gasteiger partial charge in [0.25, 0.3) is 0 Å². The van der Waals surface area contributed by atoms with Crippen LogP contribution in [0.1, 0.15) is 46.5 Å². The molecule has 31 heavy (non-hydrogen) atoms. The molecule has 4 rings (SSSR count). The standard InChI is InChI=1S/C23H29ClFN5O/c1-4-23(3)6-5-14(12-31)19(13(2)8-23)29-22-18(25)11-28-21(30-22)17-10-27-20-16(17)7-15(24)9-26-20/h7,9-11,13-14,19,31H,4-6,8,12H2,1-3H3,(H,26,27)(H,28,29,30). The zero-order chi connectivity index (χ0) is 22.2. The van der Waals surface area contributed by atoms with E-state index in [2.05, 4.69) is 46.0 Å². The summed E-state index contributed by atoms with van der Waals surface area (Å²) in [6.07, 6.45) is 8.56. The van der Waals surface area contributed by atoms with Crippen molar-refractivity contribution in [2.75, 3.05) is 11.9 Å². The van der Waals surface area contributed by atoms with Gasteiger partial charge in [-0.2, -0.15) is 0 Å². The van der Waals surface area contributed by atoms with Crippen LogP contribution in [0.25, 0.3) is 22.4 Å². The van der Waals surface area contributed by atoms with Crippen molar-refractivity contribution >= 4 is 28.5 Å². The fourth-order valence-corrected chi connectivity index (χ4v) is 5.05. The number of aliphatic hydroxyl groups excluding tert-OH is 1. The largest absolute Gasteiger partial charge is 0.396 e. The highest BCUT2D eigenvalue weighted by Crippen LogP contribution is 2.43. The number of hydrogen-bond acceptors (Lipinski definition) is 5. The van der Waals surface area contributed by atoms with E-state index in [9.17, 15) is 9.50 Å². The van der Waals surface area contributed by atoms with Crippen LogP contribution in [0.3, 0.4) is 0 Å². The average molecular weight is 446 g/mol. The molecule has 1 aliphatic rings. The SMILES string of the molecule is CCC1(C)CCC(CO)C(Nc2nc(-c3c[nH]c4ncc(Cl)cc34)ncc2F)C(C)C1. The number of pyridine rings is 1. The second kappa shape index (κ2) is 8.71. The Labute approximate surface area is 186 Å². The van der Waals surface area contributed by atoms with Gasteiger partial charge in [0.05, 0.1) is 11.2 Å². The molecular formula is C23H29ClFN5O. The van der Waals surface area contributed by atoms with E-state index in [0.717, 1.165) is 31.1 Å². The van der Waals surface area contributed by atoms with E-state index in [1.165, 1.54) is 6.20 Å². The normalized spacial score (nSPS) is 26.7. The first-order chi connectivity index (χ1) is 14.8. The molecule has 1 aliphatic carbocycles. The summed E-state index contributed by atoms with van der Waals surface area (Å²) in [5.74, 6) is 0.339. The minimum Gasteiger partial charge on any atom is -0.396 e. The van der Waals surface area contributed by atoms with Crippen molar-refractivity contribution in [2.24, 2.45) is 17.3 Å². The first-order valence-electron chi connectivity index (χ1n) is 10.9. The van der Waals surface area contributed by atoms with Crippen molar-refractivity contribution in [3.63, 3.8) is 0 Å². The minimum absolute atomic E-state index is 0.0392. The molecule has 1 fully saturated rings. The number of halogens is 2. The van der Waals surface area contributed by atoms with E-state index in [4.69, 9.17) is 11.6 Å². The van der Waals surface area contributed by atoms with Crippen molar-refractivity contribution in [3.8, 4) is 11.4 Å². The van der Waals surface area contributed by atoms with Crippen LogP contribution in [-0.2, 0) is 0 Å². The smallest absolute Gasteiger partial charge is 0.183 e. The first-order valence-corrected chi connectivity index (χ1v) is 11.2. The molecule has 3 heterocycles. The van der Waals surface area contributed by atoms with E-state index in [0.29, 0.717) is 22.1 Å². The summed E-state index contributed by atoms with van der Waals surface area (Å²) in [5.41, 5.74) is 1.60. The van der Waals surface area contributed by atoms with Crippen LogP contribution in [0.4, 0.5) is 10.2 Å². The van der Waals surface area contributed by atoms with Gasteiger partial charge in [-0.3, -0.25) is 0 Å². The number of aromatic nitrogens is 4. The minimum atomic E-state index is -0.508. The quantitative estimate of drug-likeness (QED) is 0.455. The van der Waals surface area contributed by atoms with Crippen molar-refractivity contribution in [1.82, 2.24) is 19.9 Å². The number of hydrogen-bond donors (Lipinski definition) is 3. The van der Waals surface area contributed by atoms with Gasteiger partial charge in [0, 0.05) is 41.9 Å². The summed E-state index contributed by atoms with van der Waals surface area (Å²) < 4.78 is 14.7. The Kier molecular flexibility index (Phi) is 6.17. The van der Waals surface area contributed by atoms with Gasteiger partial charge in [0.1, 0.15) is 5.65 Å². The average Bonchev–Trinajstić information content (AvgIpc) is 3.12. The van der Waals surface area contributed by atoms with Gasteiger partial charge in [0.15, 0.2) is 17.5 Å². The van der Waals surface area contributed by atoms with Gasteiger partial charge in [-0.05, 0) is 36.7 Å². The van der Waals surface area contributed by atoms with E-state index >= 15 is 0 Å². The monoisotopic (exact) mass is 445 g/mol. The lowest BCUT2D eigenvalue weighted by molar-refractivity contribution is 0.189. The fourth-order valence-electron chi connectivity index (χ4n) is 4.89. The summed E-state index contributed by atoms with van der Waals surface area (Å²) in [6, 6.07) is 1.71. The third-order valence-corrected chi connectivity index (χ3v) is 7.14. The molecule has 3 aromatic heterocycles. The Morgan fingerprint density at radius 1 is 1.35 bits per heavy atom. The Morgan fingerprint density at radius 2 is 2.16 bits per heavy atom. The fraction of sp³-hybridized carbons (Fsp3) is 0.522. The van der Waals surface area contributed by atoms with Gasteiger partial charge < -0.3 is 15.4 Å². The maximum Gasteiger partial charge on any atom is 0.183 e. The maximum absolute atomic E-state index is 14.7. The third-order valence-electron chi connectivity index (χ3n) is 6.93. The zero-order valence-electron chi connectivity index (χ0n) is 18.1. The molecule has 0 aromatic carbocycles. The Bertz CT molecular complexity index is 1070. The Hall–Kier alpha value is -2.25. The summed E-state index contributed by atoms with van der Waals surface area (Å²) >= 11 is 6.11. The molecule has 6 nitrogen and oxygen atoms in total. The van der Waals surface area contributed by atoms with E-state index in [1.807, 2.05) is 0 Å². The van der Waals surface area contributed by atoms with Gasteiger partial charge in [-0.25, -0.2) is 19.3 Å². The molecule has 4 unspecified atom stereocenters. The summed E-state index contributed by atoms with van der Waals surface area (Å²) in [5, 5.41) is 14.7. The molecule has 0 saturated heterocycles. The first kappa shape index (κ1) is 22.0. The molecule has 0 spiro atoms. The van der Waals surface area contributed by atoms with Crippen LogP contribution in [0.15, 0.2) is 24.7 Å². The van der Waals surface area contributed by atoms with Gasteiger partial charge in [-0.1, -0.05) is 38.8 Å². The van der Waals surface area contributed by atoms with Crippen LogP contribution >= 0.6 is 11.6 Å². The lowest BCUT2D eigenvalue weighted by atomic mass is 9.77. The predicted molar refractivity (Wildman–Crippen MR) is 121 cm³/mol. The van der Waals surface area contributed by atoms with Crippen molar-refractivity contribution in [1.29, 1.82) is 0 Å². The number of fused-ring (bicyclic) bond motifs is 1. The van der Waals surface area contributed by atoms with E-state index in [-0.39, 0.29) is 35.7 Å². The molecule has 0 radical (unpaired) electrons. The maximum atomic E-state index is 14.7. The van der Waals surface area contributed by atoms with Crippen molar-refractivity contribution < 1.29 is 9.50 Å². The van der Waals surface area contributed by atoms with Crippen LogP contribution in [0.5, 0.6) is 0 Å². The molecule has 8 heteroatoms. The second-order valence-electron chi connectivity index (χ2n) is 9.14. The number of rotatable bonds is 5. The number of aliphatic hydroxyl groups is 1. The molecule has 166 valence electrons. The van der Waals surface area contributed by atoms with E-state index in [1.54, 1.807) is 18.5 Å². The Balaban J connectivity index is 1.67. The summed E-state index contributed by atoms with van der Waals surface area (Å²) in [6.45, 7) is 6.76. The number of nitrogens with zero attached hydrogens (tertiary/aromatic N) is 3. The topological polar surface area (TPSA) is 86.7 Å². The molecule has 3 N–H and O–H groups in total. The highest BCUT2D eigenvalue weighted by atomic mass is 35.5. The summed E-state index contributed by atoms with van der Waals surface area (Å²) in [4.78, 5) is 16.1. The molecular weight excluding hydrogens is 417 g/mol. The number of anilines is 1. The van der Waals surface area contributed by atoms with Crippen LogP contribution in [-0.4, -0.2) is 37.7 Å². The zero-order valence-corrected chi connectivity index (χ0v) is 18.9. The van der Waals surface area contributed by atoms with Gasteiger partial charge in [0.2, 0.25) is 0 Å². The van der Waals surface area contributed by atoms with Crippen LogP contribution in [0, 0.1) is 23.1 Å². The molecule has 0 aliphatic heterocycles. The van der Waals surface area contributed by atoms with Crippen molar-refractivity contribution in [3.05, 3.63) is 35.5 Å². The van der Waals surface area contributed by atoms with Gasteiger partial charge in [-0.15, -0.1) is 0 Å². The number of H-pyrrole nitrogens is 1. The Morgan fingerprint density at radius 3 is 2.90 bits per heavy atom. The molecule has 0 bridgehead atoms. The van der Waals surface area contributed by atoms with Crippen molar-refractivity contribution in [2.45, 2.75) is 52.5 Å². The molecule has 4 atom stereocenters. The van der Waals surface area contributed by atoms with Crippen LogP contribution < -0.4 is 5.32 Å². The second-order valence-corrected chi connectivity index (χ2v) is 9.58. The predicted octanol–water partition coefficient (Wildman–Crippen LogP) is 5.44. The molecule has 3 aromatic rings. The van der Waals surface area contributed by atoms with Crippen LogP contribution in [0.2, 0.25) is 5.02 Å². The molecule has 1 saturated carbocycles. The van der Waals surface area contributed by atoms with E-state index < -0.39 is 5.82 Å². The lowest BCUT2D eigenvalue weighted by Crippen LogP contribution is -2.37. The number of nitrogens with one attached hydrogen (secondary N) is 2. The number of aromatic amines is 1.